The van der Waals surface area contributed by atoms with Crippen LogP contribution in [0.1, 0.15) is 35.3 Å². The molecule has 1 amide bonds. The van der Waals surface area contributed by atoms with E-state index in [0.29, 0.717) is 18.1 Å². The van der Waals surface area contributed by atoms with Crippen molar-refractivity contribution < 1.29 is 4.79 Å². The Bertz CT molecular complexity index is 903. The van der Waals surface area contributed by atoms with Gasteiger partial charge in [0, 0.05) is 44.3 Å². The Morgan fingerprint density at radius 1 is 1.11 bits per heavy atom. The van der Waals surface area contributed by atoms with Crippen molar-refractivity contribution in [3.8, 4) is 5.82 Å². The molecule has 4 heterocycles. The average Bonchev–Trinajstić information content (AvgIpc) is 3.24. The minimum absolute atomic E-state index is 0.233. The third-order valence-electron chi connectivity index (χ3n) is 4.57. The summed E-state index contributed by atoms with van der Waals surface area (Å²) in [6, 6.07) is 5.68. The largest absolute Gasteiger partial charge is 0.356 e. The number of amides is 1. The molecule has 27 heavy (non-hydrogen) atoms. The van der Waals surface area contributed by atoms with Gasteiger partial charge in [0.25, 0.3) is 5.91 Å². The van der Waals surface area contributed by atoms with E-state index in [1.54, 1.807) is 35.8 Å². The molecule has 138 valence electrons. The maximum Gasteiger partial charge on any atom is 0.271 e. The van der Waals surface area contributed by atoms with Crippen molar-refractivity contribution in [3.63, 3.8) is 0 Å². The third kappa shape index (κ3) is 4.11. The molecule has 8 nitrogen and oxygen atoms in total. The maximum atomic E-state index is 12.3. The van der Waals surface area contributed by atoms with E-state index in [0.717, 1.165) is 24.5 Å². The standard InChI is InChI=1S/C19H21N7O/c27-19(21-11-15-5-4-6-20-10-15)16-12-26(14-24-16)18-9-17(22-13-23-18)25-7-2-1-3-8-25/h4-6,9-10,12-14H,1-3,7-8,11H2,(H,21,27). The number of pyridine rings is 1. The summed E-state index contributed by atoms with van der Waals surface area (Å²) in [6.45, 7) is 2.44. The Labute approximate surface area is 157 Å². The molecule has 3 aromatic rings. The zero-order chi connectivity index (χ0) is 18.5. The lowest BCUT2D eigenvalue weighted by molar-refractivity contribution is 0.0946. The van der Waals surface area contributed by atoms with E-state index in [2.05, 4.69) is 30.2 Å². The SMILES string of the molecule is O=C(NCc1cccnc1)c1cn(-c2cc(N3CCCCC3)ncn2)cn1. The Kier molecular flexibility index (Phi) is 5.04. The molecule has 0 atom stereocenters. The maximum absolute atomic E-state index is 12.3. The summed E-state index contributed by atoms with van der Waals surface area (Å²) < 4.78 is 1.74. The molecular formula is C19H21N7O. The topological polar surface area (TPSA) is 88.8 Å². The fourth-order valence-corrected chi connectivity index (χ4v) is 3.12. The highest BCUT2D eigenvalue weighted by atomic mass is 16.1. The molecular weight excluding hydrogens is 342 g/mol. The fourth-order valence-electron chi connectivity index (χ4n) is 3.12. The Hall–Kier alpha value is -3.29. The summed E-state index contributed by atoms with van der Waals surface area (Å²) in [4.78, 5) is 31.5. The molecule has 4 rings (SSSR count). The minimum Gasteiger partial charge on any atom is -0.356 e. The molecule has 3 aromatic heterocycles. The smallest absolute Gasteiger partial charge is 0.271 e. The van der Waals surface area contributed by atoms with Crippen molar-refractivity contribution >= 4 is 11.7 Å². The van der Waals surface area contributed by atoms with Gasteiger partial charge in [-0.25, -0.2) is 15.0 Å². The van der Waals surface area contributed by atoms with Crippen LogP contribution in [0.25, 0.3) is 5.82 Å². The Balaban J connectivity index is 1.45. The minimum atomic E-state index is -0.233. The zero-order valence-corrected chi connectivity index (χ0v) is 15.0. The highest BCUT2D eigenvalue weighted by Crippen LogP contribution is 2.19. The van der Waals surface area contributed by atoms with Crippen LogP contribution in [-0.4, -0.2) is 43.5 Å². The molecule has 0 spiro atoms. The molecule has 8 heteroatoms. The van der Waals surface area contributed by atoms with E-state index in [-0.39, 0.29) is 5.91 Å². The van der Waals surface area contributed by atoms with Crippen molar-refractivity contribution in [2.45, 2.75) is 25.8 Å². The second-order valence-electron chi connectivity index (χ2n) is 6.49. The van der Waals surface area contributed by atoms with Gasteiger partial charge in [-0.05, 0) is 30.9 Å². The van der Waals surface area contributed by atoms with E-state index in [9.17, 15) is 4.79 Å². The monoisotopic (exact) mass is 363 g/mol. The Morgan fingerprint density at radius 3 is 2.78 bits per heavy atom. The Morgan fingerprint density at radius 2 is 1.96 bits per heavy atom. The molecule has 1 aliphatic rings. The number of anilines is 1. The predicted molar refractivity (Wildman–Crippen MR) is 101 cm³/mol. The summed E-state index contributed by atoms with van der Waals surface area (Å²) in [5.74, 6) is 1.38. The number of nitrogens with zero attached hydrogens (tertiary/aromatic N) is 6. The summed E-state index contributed by atoms with van der Waals surface area (Å²) in [5, 5.41) is 2.85. The van der Waals surface area contributed by atoms with Gasteiger partial charge in [-0.1, -0.05) is 6.07 Å². The lowest BCUT2D eigenvalue weighted by Crippen LogP contribution is -2.30. The van der Waals surface area contributed by atoms with E-state index < -0.39 is 0 Å². The molecule has 0 aliphatic carbocycles. The van der Waals surface area contributed by atoms with E-state index in [4.69, 9.17) is 0 Å². The van der Waals surface area contributed by atoms with Gasteiger partial charge < -0.3 is 10.2 Å². The van der Waals surface area contributed by atoms with E-state index >= 15 is 0 Å². The van der Waals surface area contributed by atoms with Crippen molar-refractivity contribution in [2.75, 3.05) is 18.0 Å². The second kappa shape index (κ2) is 7.94. The van der Waals surface area contributed by atoms with Crippen LogP contribution in [0.4, 0.5) is 5.82 Å². The number of rotatable bonds is 5. The number of nitrogens with one attached hydrogen (secondary N) is 1. The van der Waals surface area contributed by atoms with E-state index in [1.165, 1.54) is 19.3 Å². The van der Waals surface area contributed by atoms with Crippen LogP contribution >= 0.6 is 0 Å². The first-order chi connectivity index (χ1) is 13.3. The van der Waals surface area contributed by atoms with Gasteiger partial charge in [0.15, 0.2) is 0 Å². The van der Waals surface area contributed by atoms with Crippen LogP contribution in [-0.2, 0) is 6.54 Å². The molecule has 0 radical (unpaired) electrons. The number of aromatic nitrogens is 5. The number of piperidine rings is 1. The van der Waals surface area contributed by atoms with Gasteiger partial charge in [-0.3, -0.25) is 14.3 Å². The van der Waals surface area contributed by atoms with Crippen LogP contribution in [0.2, 0.25) is 0 Å². The lowest BCUT2D eigenvalue weighted by atomic mass is 10.1. The van der Waals surface area contributed by atoms with Gasteiger partial charge >= 0.3 is 0 Å². The van der Waals surface area contributed by atoms with Gasteiger partial charge in [0.05, 0.1) is 0 Å². The predicted octanol–water partition coefficient (Wildman–Crippen LogP) is 1.98. The quantitative estimate of drug-likeness (QED) is 0.746. The van der Waals surface area contributed by atoms with Crippen LogP contribution in [0.15, 0.2) is 49.4 Å². The molecule has 1 saturated heterocycles. The first-order valence-electron chi connectivity index (χ1n) is 9.08. The van der Waals surface area contributed by atoms with Crippen molar-refractivity contribution in [1.82, 2.24) is 29.8 Å². The first kappa shape index (κ1) is 17.1. The molecule has 1 N–H and O–H groups in total. The lowest BCUT2D eigenvalue weighted by Gasteiger charge is -2.27. The number of imidazole rings is 1. The summed E-state index contributed by atoms with van der Waals surface area (Å²) in [5.41, 5.74) is 1.28. The van der Waals surface area contributed by atoms with Gasteiger partial charge in [-0.2, -0.15) is 0 Å². The first-order valence-corrected chi connectivity index (χ1v) is 9.08. The van der Waals surface area contributed by atoms with Crippen molar-refractivity contribution in [3.05, 3.63) is 60.7 Å². The van der Waals surface area contributed by atoms with E-state index in [1.807, 2.05) is 18.2 Å². The average molecular weight is 363 g/mol. The van der Waals surface area contributed by atoms with Crippen LogP contribution in [0, 0.1) is 0 Å². The highest BCUT2D eigenvalue weighted by molar-refractivity contribution is 5.92. The van der Waals surface area contributed by atoms with Crippen LogP contribution in [0.3, 0.4) is 0 Å². The van der Waals surface area contributed by atoms with Crippen LogP contribution in [0.5, 0.6) is 0 Å². The number of carbonyl (C=O) groups is 1. The summed E-state index contributed by atoms with van der Waals surface area (Å²) >= 11 is 0. The van der Waals surface area contributed by atoms with Gasteiger partial charge in [-0.15, -0.1) is 0 Å². The van der Waals surface area contributed by atoms with Gasteiger partial charge in [0.2, 0.25) is 0 Å². The zero-order valence-electron chi connectivity index (χ0n) is 15.0. The molecule has 0 unspecified atom stereocenters. The molecule has 1 aliphatic heterocycles. The highest BCUT2D eigenvalue weighted by Gasteiger charge is 2.14. The number of hydrogen-bond donors (Lipinski definition) is 1. The second-order valence-corrected chi connectivity index (χ2v) is 6.49. The number of carbonyl (C=O) groups excluding carboxylic acids is 1. The fraction of sp³-hybridized carbons (Fsp3) is 0.316. The van der Waals surface area contributed by atoms with Crippen molar-refractivity contribution in [2.24, 2.45) is 0 Å². The summed E-state index contributed by atoms with van der Waals surface area (Å²) in [6.07, 6.45) is 11.9. The van der Waals surface area contributed by atoms with Gasteiger partial charge in [0.1, 0.15) is 30.0 Å². The normalized spacial score (nSPS) is 14.1. The third-order valence-corrected chi connectivity index (χ3v) is 4.57. The molecule has 0 bridgehead atoms. The molecule has 0 aromatic carbocycles. The summed E-state index contributed by atoms with van der Waals surface area (Å²) in [7, 11) is 0. The molecule has 1 fully saturated rings. The van der Waals surface area contributed by atoms with Crippen LogP contribution < -0.4 is 10.2 Å². The molecule has 0 saturated carbocycles. The van der Waals surface area contributed by atoms with Crippen molar-refractivity contribution in [1.29, 1.82) is 0 Å². The number of hydrogen-bond acceptors (Lipinski definition) is 6.